The molecule has 2 aliphatic heterocycles. The normalized spacial score (nSPS) is 19.0. The maximum absolute atomic E-state index is 13.6. The fourth-order valence-corrected chi connectivity index (χ4v) is 6.07. The van der Waals surface area contributed by atoms with Crippen LogP contribution >= 0.6 is 22.9 Å². The van der Waals surface area contributed by atoms with Crippen molar-refractivity contribution >= 4 is 52.1 Å². The molecule has 3 heterocycles. The lowest BCUT2D eigenvalue weighted by atomic mass is 9.74. The van der Waals surface area contributed by atoms with E-state index in [1.54, 1.807) is 56.6 Å². The maximum Gasteiger partial charge on any atom is 0.346 e. The van der Waals surface area contributed by atoms with Crippen molar-refractivity contribution in [3.05, 3.63) is 62.8 Å². The molecule has 2 aromatic carbocycles. The average molecular weight is 469 g/mol. The lowest BCUT2D eigenvalue weighted by molar-refractivity contribution is -0.126. The number of benzene rings is 2. The van der Waals surface area contributed by atoms with Gasteiger partial charge in [-0.2, -0.15) is 0 Å². The van der Waals surface area contributed by atoms with E-state index in [0.717, 1.165) is 11.3 Å². The van der Waals surface area contributed by atoms with Crippen LogP contribution < -0.4 is 15.0 Å². The third kappa shape index (κ3) is 2.69. The molecule has 0 saturated carbocycles. The van der Waals surface area contributed by atoms with Crippen molar-refractivity contribution < 1.29 is 24.2 Å². The molecule has 0 fully saturated rings. The minimum atomic E-state index is -1.33. The number of carboxylic acids is 1. The second-order valence-electron chi connectivity index (χ2n) is 7.70. The number of hydrogen-bond donors (Lipinski definition) is 2. The van der Waals surface area contributed by atoms with Gasteiger partial charge in [0.1, 0.15) is 16.0 Å². The number of carbonyl (C=O) groups excluding carboxylic acids is 2. The first-order valence-electron chi connectivity index (χ1n) is 9.71. The largest absolute Gasteiger partial charge is 0.497 e. The molecule has 9 heteroatoms. The molecule has 0 unspecified atom stereocenters. The second kappa shape index (κ2) is 7.08. The van der Waals surface area contributed by atoms with Gasteiger partial charge < -0.3 is 20.1 Å². The quantitative estimate of drug-likeness (QED) is 0.594. The van der Waals surface area contributed by atoms with E-state index in [4.69, 9.17) is 16.3 Å². The van der Waals surface area contributed by atoms with Gasteiger partial charge in [-0.1, -0.05) is 23.7 Å². The first-order chi connectivity index (χ1) is 15.3. The number of aromatic carboxylic acids is 1. The lowest BCUT2D eigenvalue weighted by Crippen LogP contribution is -2.45. The predicted molar refractivity (Wildman–Crippen MR) is 122 cm³/mol. The second-order valence-corrected chi connectivity index (χ2v) is 9.16. The van der Waals surface area contributed by atoms with Crippen LogP contribution in [-0.2, 0) is 15.0 Å². The number of halogens is 1. The standard InChI is InChI=1S/C23H17ClN2O5S/c1-26-15-8-5-12(24)9-14(15)23(22(26)30)10-16(27)25-18-17(19(21(28)29)32-20(18)23)11-3-6-13(31-2)7-4-11/h3-9H,10H2,1-2H3,(H,25,27)(H,28,29)/t23-/m0/s1. The van der Waals surface area contributed by atoms with Gasteiger partial charge in [-0.25, -0.2) is 4.79 Å². The Morgan fingerprint density at radius 2 is 1.94 bits per heavy atom. The number of fused-ring (bicyclic) bond motifs is 4. The van der Waals surface area contributed by atoms with E-state index in [1.165, 1.54) is 4.90 Å². The Labute approximate surface area is 192 Å². The molecule has 1 aromatic heterocycles. The van der Waals surface area contributed by atoms with Crippen LogP contribution in [0, 0.1) is 0 Å². The monoisotopic (exact) mass is 468 g/mol. The van der Waals surface area contributed by atoms with E-state index < -0.39 is 11.4 Å². The number of likely N-dealkylation sites (N-methyl/N-ethyl adjacent to an activating group) is 1. The number of amides is 2. The number of carboxylic acid groups (broad SMARTS) is 1. The molecular formula is C23H17ClN2O5S. The van der Waals surface area contributed by atoms with Gasteiger partial charge in [0.05, 0.1) is 24.1 Å². The summed E-state index contributed by atoms with van der Waals surface area (Å²) in [6.45, 7) is 0. The molecule has 2 amide bonds. The van der Waals surface area contributed by atoms with Gasteiger partial charge in [0.25, 0.3) is 0 Å². The van der Waals surface area contributed by atoms with E-state index in [0.29, 0.717) is 43.7 Å². The Bertz CT molecular complexity index is 1320. The topological polar surface area (TPSA) is 95.9 Å². The highest BCUT2D eigenvalue weighted by atomic mass is 35.5. The Morgan fingerprint density at radius 3 is 2.59 bits per heavy atom. The zero-order chi connectivity index (χ0) is 22.8. The molecule has 1 atom stereocenters. The number of hydrogen-bond acceptors (Lipinski definition) is 5. The van der Waals surface area contributed by atoms with Crippen LogP contribution in [0.2, 0.25) is 5.02 Å². The Kier molecular flexibility index (Phi) is 4.54. The van der Waals surface area contributed by atoms with Gasteiger partial charge in [0, 0.05) is 23.3 Å². The van der Waals surface area contributed by atoms with Gasteiger partial charge in [0.2, 0.25) is 11.8 Å². The molecule has 0 saturated heterocycles. The summed E-state index contributed by atoms with van der Waals surface area (Å²) in [6, 6.07) is 12.0. The van der Waals surface area contributed by atoms with Crippen molar-refractivity contribution in [3.63, 3.8) is 0 Å². The van der Waals surface area contributed by atoms with Gasteiger partial charge >= 0.3 is 5.97 Å². The summed E-state index contributed by atoms with van der Waals surface area (Å²) in [5, 5.41) is 13.3. The summed E-state index contributed by atoms with van der Waals surface area (Å²) in [4.78, 5) is 40.8. The third-order valence-corrected chi connectivity index (χ3v) is 7.58. The summed E-state index contributed by atoms with van der Waals surface area (Å²) >= 11 is 7.28. The SMILES string of the molecule is COc1ccc(-c2c(C(=O)O)sc3c2NC(=O)C[C@@]32C(=O)N(C)c3ccc(Cl)cc32)cc1. The molecule has 3 aromatic rings. The van der Waals surface area contributed by atoms with Crippen LogP contribution in [0.3, 0.4) is 0 Å². The van der Waals surface area contributed by atoms with Crippen molar-refractivity contribution in [1.82, 2.24) is 0 Å². The summed E-state index contributed by atoms with van der Waals surface area (Å²) < 4.78 is 5.20. The molecule has 0 aliphatic carbocycles. The number of methoxy groups -OCH3 is 1. The van der Waals surface area contributed by atoms with Crippen LogP contribution in [0.5, 0.6) is 5.75 Å². The summed E-state index contributed by atoms with van der Waals surface area (Å²) in [6.07, 6.45) is -0.127. The van der Waals surface area contributed by atoms with E-state index >= 15 is 0 Å². The van der Waals surface area contributed by atoms with Gasteiger partial charge in [-0.05, 0) is 41.5 Å². The molecule has 5 rings (SSSR count). The third-order valence-electron chi connectivity index (χ3n) is 6.01. The van der Waals surface area contributed by atoms with Crippen LogP contribution in [-0.4, -0.2) is 37.0 Å². The molecular weight excluding hydrogens is 452 g/mol. The van der Waals surface area contributed by atoms with Crippen molar-refractivity contribution in [1.29, 1.82) is 0 Å². The van der Waals surface area contributed by atoms with Gasteiger partial charge in [-0.3, -0.25) is 9.59 Å². The number of nitrogens with one attached hydrogen (secondary N) is 1. The summed E-state index contributed by atoms with van der Waals surface area (Å²) in [7, 11) is 3.19. The number of carbonyl (C=O) groups is 3. The molecule has 32 heavy (non-hydrogen) atoms. The van der Waals surface area contributed by atoms with Crippen molar-refractivity contribution in [3.8, 4) is 16.9 Å². The highest BCUT2D eigenvalue weighted by Crippen LogP contribution is 2.57. The van der Waals surface area contributed by atoms with E-state index in [1.807, 2.05) is 0 Å². The van der Waals surface area contributed by atoms with E-state index in [-0.39, 0.29) is 23.1 Å². The zero-order valence-electron chi connectivity index (χ0n) is 17.1. The summed E-state index contributed by atoms with van der Waals surface area (Å²) in [5.41, 5.74) is 1.25. The fourth-order valence-electron chi connectivity index (χ4n) is 4.58. The van der Waals surface area contributed by atoms with Crippen molar-refractivity contribution in [2.24, 2.45) is 0 Å². The van der Waals surface area contributed by atoms with E-state index in [9.17, 15) is 19.5 Å². The summed E-state index contributed by atoms with van der Waals surface area (Å²) in [5.74, 6) is -1.17. The zero-order valence-corrected chi connectivity index (χ0v) is 18.6. The Balaban J connectivity index is 1.83. The number of rotatable bonds is 3. The van der Waals surface area contributed by atoms with Gasteiger partial charge in [-0.15, -0.1) is 11.3 Å². The van der Waals surface area contributed by atoms with Crippen LogP contribution in [0.15, 0.2) is 42.5 Å². The molecule has 0 radical (unpaired) electrons. The van der Waals surface area contributed by atoms with Gasteiger partial charge in [0.15, 0.2) is 0 Å². The average Bonchev–Trinajstić information content (AvgIpc) is 3.25. The number of nitrogens with zero attached hydrogens (tertiary/aromatic N) is 1. The first kappa shape index (κ1) is 20.5. The van der Waals surface area contributed by atoms with E-state index in [2.05, 4.69) is 5.32 Å². The minimum absolute atomic E-state index is 0.0488. The molecule has 0 bridgehead atoms. The minimum Gasteiger partial charge on any atom is -0.497 e. The number of ether oxygens (including phenoxy) is 1. The van der Waals surface area contributed by atoms with Crippen molar-refractivity contribution in [2.75, 3.05) is 24.4 Å². The molecule has 2 aliphatic rings. The van der Waals surface area contributed by atoms with Crippen LogP contribution in [0.25, 0.3) is 11.1 Å². The molecule has 2 N–H and O–H groups in total. The van der Waals surface area contributed by atoms with Crippen molar-refractivity contribution in [2.45, 2.75) is 11.8 Å². The maximum atomic E-state index is 13.6. The highest BCUT2D eigenvalue weighted by Gasteiger charge is 2.57. The number of thiophene rings is 1. The van der Waals surface area contributed by atoms with Crippen LogP contribution in [0.4, 0.5) is 11.4 Å². The smallest absolute Gasteiger partial charge is 0.346 e. The Hall–Kier alpha value is -3.36. The first-order valence-corrected chi connectivity index (χ1v) is 10.9. The number of anilines is 2. The molecule has 162 valence electrons. The fraction of sp³-hybridized carbons (Fsp3) is 0.174. The highest BCUT2D eigenvalue weighted by molar-refractivity contribution is 7.15. The molecule has 7 nitrogen and oxygen atoms in total. The predicted octanol–water partition coefficient (Wildman–Crippen LogP) is 4.38. The molecule has 1 spiro atoms. The Morgan fingerprint density at radius 1 is 1.22 bits per heavy atom. The lowest BCUT2D eigenvalue weighted by Gasteiger charge is -2.32. The van der Waals surface area contributed by atoms with Crippen LogP contribution in [0.1, 0.15) is 26.5 Å².